The molecule has 1 rings (SSSR count). The molecule has 92 valence electrons. The van der Waals surface area contributed by atoms with Crippen LogP contribution in [0.25, 0.3) is 0 Å². The highest BCUT2D eigenvalue weighted by Crippen LogP contribution is 2.09. The van der Waals surface area contributed by atoms with E-state index in [0.29, 0.717) is 13.0 Å². The molecule has 1 aromatic rings. The van der Waals surface area contributed by atoms with Crippen molar-refractivity contribution in [2.75, 3.05) is 13.7 Å². The molecule has 0 aliphatic carbocycles. The van der Waals surface area contributed by atoms with Crippen LogP contribution < -0.4 is 0 Å². The van der Waals surface area contributed by atoms with Crippen LogP contribution in [0.5, 0.6) is 0 Å². The second-order valence-corrected chi connectivity index (χ2v) is 4.10. The summed E-state index contributed by atoms with van der Waals surface area (Å²) in [6.45, 7) is 5.47. The van der Waals surface area contributed by atoms with E-state index in [2.05, 4.69) is 17.0 Å². The van der Waals surface area contributed by atoms with Crippen LogP contribution in [0.2, 0.25) is 0 Å². The maximum Gasteiger partial charge on any atom is 0.138 e. The van der Waals surface area contributed by atoms with Crippen molar-refractivity contribution in [3.8, 4) is 0 Å². The number of methoxy groups -OCH3 is 1. The predicted octanol–water partition coefficient (Wildman–Crippen LogP) is 0.874. The molecule has 2 atom stereocenters. The standard InChI is InChI=1S/C11H21N3O2/c1-4-5-14-11(12-8-13-14)6-10(15)9(2)7-16-3/h8-10,15H,4-7H2,1-3H3. The molecule has 0 fully saturated rings. The highest BCUT2D eigenvalue weighted by molar-refractivity contribution is 4.88. The minimum absolute atomic E-state index is 0.108. The first-order chi connectivity index (χ1) is 7.69. The van der Waals surface area contributed by atoms with Gasteiger partial charge in [-0.2, -0.15) is 5.10 Å². The molecule has 16 heavy (non-hydrogen) atoms. The molecule has 0 saturated carbocycles. The number of hydrogen-bond donors (Lipinski definition) is 1. The zero-order chi connectivity index (χ0) is 12.0. The Balaban J connectivity index is 2.54. The number of aryl methyl sites for hydroxylation is 1. The lowest BCUT2D eigenvalue weighted by atomic mass is 10.0. The number of nitrogens with zero attached hydrogens (tertiary/aromatic N) is 3. The number of aromatic nitrogens is 3. The Kier molecular flexibility index (Phi) is 5.42. The van der Waals surface area contributed by atoms with Crippen molar-refractivity contribution in [2.45, 2.75) is 39.3 Å². The van der Waals surface area contributed by atoms with Gasteiger partial charge in [-0.15, -0.1) is 0 Å². The maximum absolute atomic E-state index is 9.95. The third kappa shape index (κ3) is 3.57. The number of rotatable bonds is 7. The Morgan fingerprint density at radius 2 is 2.31 bits per heavy atom. The van der Waals surface area contributed by atoms with Gasteiger partial charge >= 0.3 is 0 Å². The normalized spacial score (nSPS) is 15.0. The molecule has 2 unspecified atom stereocenters. The quantitative estimate of drug-likeness (QED) is 0.751. The Morgan fingerprint density at radius 3 is 2.94 bits per heavy atom. The summed E-state index contributed by atoms with van der Waals surface area (Å²) in [6.07, 6.45) is 2.66. The molecule has 1 N–H and O–H groups in total. The third-order valence-corrected chi connectivity index (χ3v) is 2.61. The monoisotopic (exact) mass is 227 g/mol. The van der Waals surface area contributed by atoms with Crippen molar-refractivity contribution < 1.29 is 9.84 Å². The molecule has 5 heteroatoms. The van der Waals surface area contributed by atoms with Gasteiger partial charge in [0.1, 0.15) is 12.2 Å². The molecule has 0 saturated heterocycles. The highest BCUT2D eigenvalue weighted by atomic mass is 16.5. The first-order valence-electron chi connectivity index (χ1n) is 5.72. The number of aliphatic hydroxyl groups is 1. The van der Waals surface area contributed by atoms with E-state index in [4.69, 9.17) is 4.74 Å². The lowest BCUT2D eigenvalue weighted by Gasteiger charge is -2.17. The van der Waals surface area contributed by atoms with E-state index in [0.717, 1.165) is 18.8 Å². The molecular formula is C11H21N3O2. The Bertz CT molecular complexity index is 301. The Morgan fingerprint density at radius 1 is 1.56 bits per heavy atom. The van der Waals surface area contributed by atoms with Gasteiger partial charge in [-0.05, 0) is 6.42 Å². The largest absolute Gasteiger partial charge is 0.392 e. The van der Waals surface area contributed by atoms with Gasteiger partial charge < -0.3 is 9.84 Å². The van der Waals surface area contributed by atoms with Crippen LogP contribution in [-0.2, 0) is 17.7 Å². The van der Waals surface area contributed by atoms with E-state index in [9.17, 15) is 5.11 Å². The van der Waals surface area contributed by atoms with Gasteiger partial charge in [-0.3, -0.25) is 4.68 Å². The fourth-order valence-corrected chi connectivity index (χ4v) is 1.61. The third-order valence-electron chi connectivity index (χ3n) is 2.61. The Labute approximate surface area is 96.5 Å². The van der Waals surface area contributed by atoms with E-state index in [1.165, 1.54) is 0 Å². The molecule has 5 nitrogen and oxygen atoms in total. The van der Waals surface area contributed by atoms with E-state index in [-0.39, 0.29) is 5.92 Å². The Hall–Kier alpha value is -0.940. The maximum atomic E-state index is 9.95. The van der Waals surface area contributed by atoms with Crippen molar-refractivity contribution >= 4 is 0 Å². The van der Waals surface area contributed by atoms with E-state index in [1.807, 2.05) is 11.6 Å². The van der Waals surface area contributed by atoms with Gasteiger partial charge in [0.25, 0.3) is 0 Å². The molecule has 0 aliphatic heterocycles. The minimum Gasteiger partial charge on any atom is -0.392 e. The van der Waals surface area contributed by atoms with Gasteiger partial charge in [-0.25, -0.2) is 4.98 Å². The van der Waals surface area contributed by atoms with Gasteiger partial charge in [0, 0.05) is 26.0 Å². The molecule has 0 aromatic carbocycles. The topological polar surface area (TPSA) is 60.2 Å². The van der Waals surface area contributed by atoms with E-state index >= 15 is 0 Å². The van der Waals surface area contributed by atoms with Gasteiger partial charge in [0.05, 0.1) is 12.7 Å². The van der Waals surface area contributed by atoms with Crippen LogP contribution in [-0.4, -0.2) is 39.7 Å². The lowest BCUT2D eigenvalue weighted by molar-refractivity contribution is 0.0556. The number of ether oxygens (including phenoxy) is 1. The van der Waals surface area contributed by atoms with Crippen LogP contribution in [0.3, 0.4) is 0 Å². The molecule has 1 aromatic heterocycles. The molecule has 0 bridgehead atoms. The second kappa shape index (κ2) is 6.60. The molecule has 0 amide bonds. The average Bonchev–Trinajstić information content (AvgIpc) is 2.67. The smallest absolute Gasteiger partial charge is 0.138 e. The van der Waals surface area contributed by atoms with Crippen LogP contribution >= 0.6 is 0 Å². The molecule has 1 heterocycles. The van der Waals surface area contributed by atoms with E-state index < -0.39 is 6.10 Å². The van der Waals surface area contributed by atoms with Crippen molar-refractivity contribution in [1.82, 2.24) is 14.8 Å². The SMILES string of the molecule is CCCn1ncnc1CC(O)C(C)COC. The van der Waals surface area contributed by atoms with Gasteiger partial charge in [0.15, 0.2) is 0 Å². The van der Waals surface area contributed by atoms with Crippen molar-refractivity contribution in [2.24, 2.45) is 5.92 Å². The zero-order valence-electron chi connectivity index (χ0n) is 10.3. The summed E-state index contributed by atoms with van der Waals surface area (Å²) in [5.74, 6) is 0.953. The first kappa shape index (κ1) is 13.1. The fourth-order valence-electron chi connectivity index (χ4n) is 1.61. The second-order valence-electron chi connectivity index (χ2n) is 4.10. The van der Waals surface area contributed by atoms with Crippen molar-refractivity contribution in [3.63, 3.8) is 0 Å². The van der Waals surface area contributed by atoms with Gasteiger partial charge in [0.2, 0.25) is 0 Å². The summed E-state index contributed by atoms with van der Waals surface area (Å²) in [6, 6.07) is 0. The van der Waals surface area contributed by atoms with Crippen molar-refractivity contribution in [1.29, 1.82) is 0 Å². The summed E-state index contributed by atoms with van der Waals surface area (Å²) >= 11 is 0. The highest BCUT2D eigenvalue weighted by Gasteiger charge is 2.17. The summed E-state index contributed by atoms with van der Waals surface area (Å²) in [7, 11) is 1.64. The van der Waals surface area contributed by atoms with E-state index in [1.54, 1.807) is 13.4 Å². The molecule has 0 aliphatic rings. The summed E-state index contributed by atoms with van der Waals surface area (Å²) in [5.41, 5.74) is 0. The fraction of sp³-hybridized carbons (Fsp3) is 0.818. The van der Waals surface area contributed by atoms with Crippen LogP contribution in [0.15, 0.2) is 6.33 Å². The van der Waals surface area contributed by atoms with Crippen LogP contribution in [0.4, 0.5) is 0 Å². The predicted molar refractivity (Wildman–Crippen MR) is 61.1 cm³/mol. The first-order valence-corrected chi connectivity index (χ1v) is 5.72. The lowest BCUT2D eigenvalue weighted by Crippen LogP contribution is -2.25. The van der Waals surface area contributed by atoms with Crippen LogP contribution in [0, 0.1) is 5.92 Å². The summed E-state index contributed by atoms with van der Waals surface area (Å²) in [4.78, 5) is 4.17. The summed E-state index contributed by atoms with van der Waals surface area (Å²) < 4.78 is 6.87. The molecular weight excluding hydrogens is 206 g/mol. The minimum atomic E-state index is -0.431. The zero-order valence-corrected chi connectivity index (χ0v) is 10.3. The van der Waals surface area contributed by atoms with Crippen molar-refractivity contribution in [3.05, 3.63) is 12.2 Å². The molecule has 0 spiro atoms. The van der Waals surface area contributed by atoms with Crippen LogP contribution in [0.1, 0.15) is 26.1 Å². The molecule has 0 radical (unpaired) electrons. The average molecular weight is 227 g/mol. The summed E-state index contributed by atoms with van der Waals surface area (Å²) in [5, 5.41) is 14.1. The van der Waals surface area contributed by atoms with Gasteiger partial charge in [-0.1, -0.05) is 13.8 Å². The number of aliphatic hydroxyl groups excluding tert-OH is 1. The number of hydrogen-bond acceptors (Lipinski definition) is 4.